The highest BCUT2D eigenvalue weighted by molar-refractivity contribution is 6.42. The molecule has 0 nitrogen and oxygen atoms in total. The zero-order chi connectivity index (χ0) is 10.7. The molecule has 0 amide bonds. The molecule has 0 radical (unpaired) electrons. The van der Waals surface area contributed by atoms with Crippen molar-refractivity contribution in [2.75, 3.05) is 5.88 Å². The largest absolute Gasteiger partial charge is 0.126 e. The van der Waals surface area contributed by atoms with Crippen LogP contribution in [0.25, 0.3) is 0 Å². The van der Waals surface area contributed by atoms with Gasteiger partial charge in [-0.05, 0) is 41.7 Å². The molecule has 0 aliphatic heterocycles. The first-order chi connectivity index (χ1) is 7.11. The van der Waals surface area contributed by atoms with E-state index in [2.05, 4.69) is 6.07 Å². The first-order valence-corrected chi connectivity index (χ1v) is 6.40. The Balaban J connectivity index is 1.94. The summed E-state index contributed by atoms with van der Waals surface area (Å²) in [5.74, 6) is 0.785. The lowest BCUT2D eigenvalue weighted by Gasteiger charge is -2.71. The molecular weight excluding hydrogens is 250 g/mol. The van der Waals surface area contributed by atoms with Crippen molar-refractivity contribution >= 4 is 34.8 Å². The third kappa shape index (κ3) is 1.22. The molecule has 1 aromatic carbocycles. The maximum absolute atomic E-state index is 6.24. The molecule has 3 aliphatic carbocycles. The Labute approximate surface area is 105 Å². The number of hydrogen-bond donors (Lipinski definition) is 0. The van der Waals surface area contributed by atoms with E-state index in [0.717, 1.165) is 10.9 Å². The van der Waals surface area contributed by atoms with Gasteiger partial charge in [0.25, 0.3) is 0 Å². The summed E-state index contributed by atoms with van der Waals surface area (Å²) in [6, 6.07) is 5.93. The van der Waals surface area contributed by atoms with Crippen LogP contribution in [0.5, 0.6) is 0 Å². The smallest absolute Gasteiger partial charge is 0.0629 e. The lowest BCUT2D eigenvalue weighted by molar-refractivity contribution is -0.122. The van der Waals surface area contributed by atoms with Crippen molar-refractivity contribution in [2.45, 2.75) is 24.7 Å². The van der Waals surface area contributed by atoms with Gasteiger partial charge in [-0.1, -0.05) is 35.3 Å². The van der Waals surface area contributed by atoms with Crippen LogP contribution in [0.4, 0.5) is 0 Å². The summed E-state index contributed by atoms with van der Waals surface area (Å²) in [5, 5.41) is 1.40. The zero-order valence-corrected chi connectivity index (χ0v) is 10.5. The highest BCUT2D eigenvalue weighted by atomic mass is 35.5. The summed E-state index contributed by atoms with van der Waals surface area (Å²) < 4.78 is 0. The van der Waals surface area contributed by atoms with Gasteiger partial charge in [-0.15, -0.1) is 11.6 Å². The van der Waals surface area contributed by atoms with Gasteiger partial charge in [-0.25, -0.2) is 0 Å². The average molecular weight is 262 g/mol. The maximum Gasteiger partial charge on any atom is 0.0629 e. The molecule has 0 unspecified atom stereocenters. The maximum atomic E-state index is 6.24. The van der Waals surface area contributed by atoms with Crippen molar-refractivity contribution in [3.63, 3.8) is 0 Å². The van der Waals surface area contributed by atoms with Crippen LogP contribution in [0.3, 0.4) is 0 Å². The molecular formula is C12H11Cl3. The van der Waals surface area contributed by atoms with Gasteiger partial charge in [0.15, 0.2) is 0 Å². The Kier molecular flexibility index (Phi) is 2.09. The Bertz CT molecular complexity index is 405. The number of rotatable bonds is 2. The fourth-order valence-electron chi connectivity index (χ4n) is 3.34. The standard InChI is InChI=1S/C12H11Cl3/c13-7-11-4-12(5-11,6-11)8-2-1-3-9(14)10(8)15/h1-3H,4-7H2. The van der Waals surface area contributed by atoms with E-state index in [-0.39, 0.29) is 0 Å². The highest BCUT2D eigenvalue weighted by Gasteiger charge is 2.68. The topological polar surface area (TPSA) is 0 Å². The van der Waals surface area contributed by atoms with E-state index in [9.17, 15) is 0 Å². The molecule has 0 saturated heterocycles. The van der Waals surface area contributed by atoms with Crippen LogP contribution in [0.15, 0.2) is 18.2 Å². The summed E-state index contributed by atoms with van der Waals surface area (Å²) in [4.78, 5) is 0. The van der Waals surface area contributed by atoms with E-state index in [1.54, 1.807) is 0 Å². The van der Waals surface area contributed by atoms with E-state index < -0.39 is 0 Å². The Hall–Kier alpha value is 0.0900. The number of benzene rings is 1. The molecule has 3 saturated carbocycles. The van der Waals surface area contributed by atoms with Gasteiger partial charge in [0.1, 0.15) is 0 Å². The summed E-state index contributed by atoms with van der Waals surface area (Å²) in [6.45, 7) is 0. The molecule has 15 heavy (non-hydrogen) atoms. The molecule has 3 fully saturated rings. The van der Waals surface area contributed by atoms with E-state index in [4.69, 9.17) is 34.8 Å². The van der Waals surface area contributed by atoms with Crippen LogP contribution < -0.4 is 0 Å². The summed E-state index contributed by atoms with van der Waals surface area (Å²) in [7, 11) is 0. The summed E-state index contributed by atoms with van der Waals surface area (Å²) >= 11 is 18.2. The van der Waals surface area contributed by atoms with Gasteiger partial charge in [0, 0.05) is 5.88 Å². The van der Waals surface area contributed by atoms with Crippen LogP contribution >= 0.6 is 34.8 Å². The van der Waals surface area contributed by atoms with Crippen LogP contribution in [0, 0.1) is 5.41 Å². The third-order valence-corrected chi connectivity index (χ3v) is 5.33. The van der Waals surface area contributed by atoms with Crippen LogP contribution in [0.2, 0.25) is 10.0 Å². The molecule has 3 heteroatoms. The second kappa shape index (κ2) is 3.06. The Morgan fingerprint density at radius 1 is 1.13 bits per heavy atom. The Morgan fingerprint density at radius 2 is 1.80 bits per heavy atom. The van der Waals surface area contributed by atoms with E-state index in [1.807, 2.05) is 12.1 Å². The SMILES string of the molecule is ClCC12CC(c3cccc(Cl)c3Cl)(C1)C2. The van der Waals surface area contributed by atoms with Crippen molar-refractivity contribution in [1.82, 2.24) is 0 Å². The fraction of sp³-hybridized carbons (Fsp3) is 0.500. The van der Waals surface area contributed by atoms with Crippen LogP contribution in [-0.2, 0) is 5.41 Å². The van der Waals surface area contributed by atoms with Crippen LogP contribution in [0.1, 0.15) is 24.8 Å². The fourth-order valence-corrected chi connectivity index (χ4v) is 4.12. The molecule has 2 bridgehead atoms. The first kappa shape index (κ1) is 10.3. The molecule has 0 N–H and O–H groups in total. The van der Waals surface area contributed by atoms with E-state index in [1.165, 1.54) is 24.8 Å². The van der Waals surface area contributed by atoms with E-state index >= 15 is 0 Å². The summed E-state index contributed by atoms with van der Waals surface area (Å²) in [6.07, 6.45) is 3.55. The normalized spacial score (nSPS) is 37.0. The molecule has 0 heterocycles. The predicted octanol–water partition coefficient (Wildman–Crippen LogP) is 4.65. The van der Waals surface area contributed by atoms with Crippen molar-refractivity contribution in [3.05, 3.63) is 33.8 Å². The molecule has 3 aliphatic rings. The molecule has 80 valence electrons. The van der Waals surface area contributed by atoms with Gasteiger partial charge < -0.3 is 0 Å². The van der Waals surface area contributed by atoms with Gasteiger partial charge in [-0.3, -0.25) is 0 Å². The minimum atomic E-state index is 0.302. The monoisotopic (exact) mass is 260 g/mol. The lowest BCUT2D eigenvalue weighted by Crippen LogP contribution is -2.65. The highest BCUT2D eigenvalue weighted by Crippen LogP contribution is 2.74. The molecule has 1 aromatic rings. The van der Waals surface area contributed by atoms with Gasteiger partial charge in [-0.2, -0.15) is 0 Å². The van der Waals surface area contributed by atoms with Crippen molar-refractivity contribution in [3.8, 4) is 0 Å². The molecule has 0 atom stereocenters. The second-order valence-electron chi connectivity index (χ2n) is 5.05. The number of hydrogen-bond acceptors (Lipinski definition) is 0. The minimum Gasteiger partial charge on any atom is -0.126 e. The van der Waals surface area contributed by atoms with Crippen molar-refractivity contribution < 1.29 is 0 Å². The van der Waals surface area contributed by atoms with Gasteiger partial charge >= 0.3 is 0 Å². The number of alkyl halides is 1. The number of halogens is 3. The Morgan fingerprint density at radius 3 is 2.40 bits per heavy atom. The quantitative estimate of drug-likeness (QED) is 0.680. The first-order valence-electron chi connectivity index (χ1n) is 5.11. The molecule has 0 spiro atoms. The van der Waals surface area contributed by atoms with Gasteiger partial charge in [0.2, 0.25) is 0 Å². The summed E-state index contributed by atoms with van der Waals surface area (Å²) in [5.41, 5.74) is 1.95. The molecule has 4 rings (SSSR count). The van der Waals surface area contributed by atoms with E-state index in [0.29, 0.717) is 15.9 Å². The van der Waals surface area contributed by atoms with Crippen molar-refractivity contribution in [2.24, 2.45) is 5.41 Å². The van der Waals surface area contributed by atoms with Gasteiger partial charge in [0.05, 0.1) is 10.0 Å². The average Bonchev–Trinajstić information content (AvgIpc) is 2.08. The second-order valence-corrected chi connectivity index (χ2v) is 6.10. The predicted molar refractivity (Wildman–Crippen MR) is 65.1 cm³/mol. The third-order valence-electron chi connectivity index (χ3n) is 3.95. The minimum absolute atomic E-state index is 0.302. The molecule has 0 aromatic heterocycles. The zero-order valence-electron chi connectivity index (χ0n) is 8.19. The van der Waals surface area contributed by atoms with Crippen LogP contribution in [-0.4, -0.2) is 5.88 Å². The lowest BCUT2D eigenvalue weighted by atomic mass is 9.34. The van der Waals surface area contributed by atoms with Crippen molar-refractivity contribution in [1.29, 1.82) is 0 Å².